The standard InChI is InChI=1S/C12H14O4/c13-7-3-1-2-4-10-11(15)6-5-9(8-14)12(10)16/h5-8,15-16H,1-4H2. The van der Waals surface area contributed by atoms with Crippen molar-refractivity contribution in [3.8, 4) is 11.5 Å². The minimum Gasteiger partial charge on any atom is -0.508 e. The molecule has 0 unspecified atom stereocenters. The normalized spacial score (nSPS) is 10.0. The van der Waals surface area contributed by atoms with Gasteiger partial charge in [0.1, 0.15) is 17.8 Å². The average molecular weight is 222 g/mol. The topological polar surface area (TPSA) is 74.6 Å². The molecule has 2 N–H and O–H groups in total. The van der Waals surface area contributed by atoms with Gasteiger partial charge in [0.05, 0.1) is 5.56 Å². The van der Waals surface area contributed by atoms with Gasteiger partial charge in [0.25, 0.3) is 0 Å². The fraction of sp³-hybridized carbons (Fsp3) is 0.333. The fourth-order valence-corrected chi connectivity index (χ4v) is 1.51. The third-order valence-corrected chi connectivity index (χ3v) is 2.41. The van der Waals surface area contributed by atoms with Crippen molar-refractivity contribution in [1.29, 1.82) is 0 Å². The lowest BCUT2D eigenvalue weighted by atomic mass is 10.0. The van der Waals surface area contributed by atoms with Crippen LogP contribution in [0.1, 0.15) is 35.2 Å². The maximum Gasteiger partial charge on any atom is 0.153 e. The van der Waals surface area contributed by atoms with Crippen LogP contribution in [0.15, 0.2) is 12.1 Å². The highest BCUT2D eigenvalue weighted by molar-refractivity contribution is 5.80. The van der Waals surface area contributed by atoms with Crippen molar-refractivity contribution in [2.24, 2.45) is 0 Å². The highest BCUT2D eigenvalue weighted by Gasteiger charge is 2.11. The van der Waals surface area contributed by atoms with E-state index in [0.29, 0.717) is 37.5 Å². The number of benzene rings is 1. The molecule has 16 heavy (non-hydrogen) atoms. The van der Waals surface area contributed by atoms with Crippen LogP contribution in [0.3, 0.4) is 0 Å². The minimum absolute atomic E-state index is 0.0193. The lowest BCUT2D eigenvalue weighted by molar-refractivity contribution is -0.107. The second-order valence-corrected chi connectivity index (χ2v) is 3.53. The Balaban J connectivity index is 2.77. The molecule has 0 saturated carbocycles. The zero-order valence-electron chi connectivity index (χ0n) is 8.85. The number of carbonyl (C=O) groups excluding carboxylic acids is 2. The summed E-state index contributed by atoms with van der Waals surface area (Å²) in [5.41, 5.74) is 0.540. The van der Waals surface area contributed by atoms with Crippen molar-refractivity contribution in [1.82, 2.24) is 0 Å². The molecule has 0 heterocycles. The van der Waals surface area contributed by atoms with E-state index in [-0.39, 0.29) is 17.1 Å². The van der Waals surface area contributed by atoms with Crippen molar-refractivity contribution >= 4 is 12.6 Å². The van der Waals surface area contributed by atoms with Gasteiger partial charge in [0, 0.05) is 12.0 Å². The third-order valence-electron chi connectivity index (χ3n) is 2.41. The monoisotopic (exact) mass is 222 g/mol. The van der Waals surface area contributed by atoms with Gasteiger partial charge in [-0.25, -0.2) is 0 Å². The van der Waals surface area contributed by atoms with E-state index in [1.165, 1.54) is 12.1 Å². The predicted octanol–water partition coefficient (Wildman–Crippen LogP) is 1.82. The molecule has 86 valence electrons. The van der Waals surface area contributed by atoms with Crippen LogP contribution in [-0.2, 0) is 11.2 Å². The van der Waals surface area contributed by atoms with Gasteiger partial charge in [-0.05, 0) is 31.4 Å². The number of phenolic OH excluding ortho intramolecular Hbond substituents is 2. The molecule has 1 aromatic carbocycles. The number of phenols is 2. The van der Waals surface area contributed by atoms with Crippen LogP contribution >= 0.6 is 0 Å². The average Bonchev–Trinajstić information content (AvgIpc) is 2.28. The van der Waals surface area contributed by atoms with Gasteiger partial charge >= 0.3 is 0 Å². The van der Waals surface area contributed by atoms with Gasteiger partial charge in [-0.2, -0.15) is 0 Å². The van der Waals surface area contributed by atoms with Crippen molar-refractivity contribution < 1.29 is 19.8 Å². The molecular weight excluding hydrogens is 208 g/mol. The Morgan fingerprint density at radius 2 is 1.88 bits per heavy atom. The zero-order valence-corrected chi connectivity index (χ0v) is 8.85. The summed E-state index contributed by atoms with van der Waals surface area (Å²) in [5.74, 6) is -0.185. The largest absolute Gasteiger partial charge is 0.508 e. The first-order chi connectivity index (χ1) is 7.70. The van der Waals surface area contributed by atoms with E-state index < -0.39 is 0 Å². The van der Waals surface area contributed by atoms with E-state index in [4.69, 9.17) is 0 Å². The first kappa shape index (κ1) is 12.2. The second-order valence-electron chi connectivity index (χ2n) is 3.53. The maximum atomic E-state index is 10.6. The van der Waals surface area contributed by atoms with Crippen molar-refractivity contribution in [3.05, 3.63) is 23.3 Å². The molecule has 0 atom stereocenters. The number of aldehydes is 2. The number of hydrogen-bond donors (Lipinski definition) is 2. The summed E-state index contributed by atoms with van der Waals surface area (Å²) in [6.07, 6.45) is 3.68. The van der Waals surface area contributed by atoms with Gasteiger partial charge in [0.2, 0.25) is 0 Å². The molecule has 0 aliphatic rings. The Bertz CT molecular complexity index is 385. The lowest BCUT2D eigenvalue weighted by Gasteiger charge is -2.08. The number of carbonyl (C=O) groups is 2. The minimum atomic E-state index is -0.166. The maximum absolute atomic E-state index is 10.6. The van der Waals surface area contributed by atoms with E-state index in [0.717, 1.165) is 6.29 Å². The third kappa shape index (κ3) is 2.82. The predicted molar refractivity (Wildman–Crippen MR) is 58.8 cm³/mol. The van der Waals surface area contributed by atoms with Crippen LogP contribution in [0.2, 0.25) is 0 Å². The summed E-state index contributed by atoms with van der Waals surface area (Å²) < 4.78 is 0. The SMILES string of the molecule is O=CCCCCc1c(O)ccc(C=O)c1O. The van der Waals surface area contributed by atoms with E-state index in [1.807, 2.05) is 0 Å². The van der Waals surface area contributed by atoms with Gasteiger partial charge in [0.15, 0.2) is 6.29 Å². The van der Waals surface area contributed by atoms with E-state index >= 15 is 0 Å². The molecule has 0 spiro atoms. The number of hydrogen-bond acceptors (Lipinski definition) is 4. The quantitative estimate of drug-likeness (QED) is 0.568. The highest BCUT2D eigenvalue weighted by Crippen LogP contribution is 2.31. The van der Waals surface area contributed by atoms with E-state index in [9.17, 15) is 19.8 Å². The summed E-state index contributed by atoms with van der Waals surface area (Å²) in [5, 5.41) is 19.2. The van der Waals surface area contributed by atoms with Crippen LogP contribution in [0.25, 0.3) is 0 Å². The molecule has 1 aromatic rings. The summed E-state index contributed by atoms with van der Waals surface area (Å²) in [7, 11) is 0. The van der Waals surface area contributed by atoms with Crippen LogP contribution in [0.5, 0.6) is 11.5 Å². The Hall–Kier alpha value is -1.84. The summed E-state index contributed by atoms with van der Waals surface area (Å²) >= 11 is 0. The lowest BCUT2D eigenvalue weighted by Crippen LogP contribution is -1.92. The van der Waals surface area contributed by atoms with Crippen LogP contribution in [0.4, 0.5) is 0 Å². The van der Waals surface area contributed by atoms with Gasteiger partial charge in [-0.1, -0.05) is 0 Å². The molecule has 0 aliphatic heterocycles. The Morgan fingerprint density at radius 3 is 2.50 bits per heavy atom. The van der Waals surface area contributed by atoms with Crippen LogP contribution < -0.4 is 0 Å². The van der Waals surface area contributed by atoms with Crippen LogP contribution in [-0.4, -0.2) is 22.8 Å². The number of unbranched alkanes of at least 4 members (excludes halogenated alkanes) is 2. The molecule has 0 aromatic heterocycles. The van der Waals surface area contributed by atoms with Gasteiger partial charge in [-0.15, -0.1) is 0 Å². The molecule has 4 heteroatoms. The summed E-state index contributed by atoms with van der Waals surface area (Å²) in [6, 6.07) is 2.76. The first-order valence-electron chi connectivity index (χ1n) is 5.13. The van der Waals surface area contributed by atoms with Crippen molar-refractivity contribution in [3.63, 3.8) is 0 Å². The van der Waals surface area contributed by atoms with Crippen molar-refractivity contribution in [2.75, 3.05) is 0 Å². The Labute approximate surface area is 93.5 Å². The number of aromatic hydroxyl groups is 2. The van der Waals surface area contributed by atoms with E-state index in [1.54, 1.807) is 0 Å². The second kappa shape index (κ2) is 5.90. The molecule has 0 amide bonds. The molecule has 1 rings (SSSR count). The van der Waals surface area contributed by atoms with Crippen LogP contribution in [0, 0.1) is 0 Å². The van der Waals surface area contributed by atoms with E-state index in [2.05, 4.69) is 0 Å². The molecule has 4 nitrogen and oxygen atoms in total. The van der Waals surface area contributed by atoms with Gasteiger partial charge < -0.3 is 15.0 Å². The van der Waals surface area contributed by atoms with Gasteiger partial charge in [-0.3, -0.25) is 4.79 Å². The summed E-state index contributed by atoms with van der Waals surface area (Å²) in [6.45, 7) is 0. The Kier molecular flexibility index (Phi) is 4.51. The first-order valence-corrected chi connectivity index (χ1v) is 5.13. The number of rotatable bonds is 6. The molecular formula is C12H14O4. The molecule has 0 saturated heterocycles. The molecule has 0 aliphatic carbocycles. The highest BCUT2D eigenvalue weighted by atomic mass is 16.3. The fourth-order valence-electron chi connectivity index (χ4n) is 1.51. The molecule has 0 bridgehead atoms. The Morgan fingerprint density at radius 1 is 1.12 bits per heavy atom. The molecule has 0 radical (unpaired) electrons. The molecule has 0 fully saturated rings. The zero-order chi connectivity index (χ0) is 12.0. The van der Waals surface area contributed by atoms with Crippen molar-refractivity contribution in [2.45, 2.75) is 25.7 Å². The summed E-state index contributed by atoms with van der Waals surface area (Å²) in [4.78, 5) is 20.7. The smallest absolute Gasteiger partial charge is 0.153 e.